The third-order valence-electron chi connectivity index (χ3n) is 4.02. The topological polar surface area (TPSA) is 142 Å². The zero-order chi connectivity index (χ0) is 25.4. The Hall–Kier alpha value is -2.50. The number of benzene rings is 2. The molecular formula is C21H29ClN2O7S2. The van der Waals surface area contributed by atoms with Crippen LogP contribution in [0.2, 0.25) is 0 Å². The summed E-state index contributed by atoms with van der Waals surface area (Å²) in [6.45, 7) is 8.87. The van der Waals surface area contributed by atoms with E-state index >= 15 is 0 Å². The molecule has 0 bridgehead atoms. The number of halogens is 1. The van der Waals surface area contributed by atoms with Gasteiger partial charge in [0.1, 0.15) is 21.3 Å². The van der Waals surface area contributed by atoms with E-state index in [0.29, 0.717) is 30.3 Å². The van der Waals surface area contributed by atoms with Crippen molar-refractivity contribution in [2.24, 2.45) is 0 Å². The summed E-state index contributed by atoms with van der Waals surface area (Å²) in [6.07, 6.45) is 0. The summed E-state index contributed by atoms with van der Waals surface area (Å²) in [5.74, 6) is 0.231. The van der Waals surface area contributed by atoms with E-state index in [9.17, 15) is 21.6 Å². The third-order valence-corrected chi connectivity index (χ3v) is 7.54. The molecule has 0 radical (unpaired) electrons. The average Bonchev–Trinajstić information content (AvgIpc) is 2.70. The number of carbonyl (C=O) groups excluding carboxylic acids is 1. The van der Waals surface area contributed by atoms with Crippen LogP contribution in [0.4, 0.5) is 11.4 Å². The van der Waals surface area contributed by atoms with Crippen LogP contribution in [0.15, 0.2) is 46.2 Å². The molecule has 2 aromatic rings. The van der Waals surface area contributed by atoms with Crippen molar-refractivity contribution in [2.45, 2.75) is 49.7 Å². The van der Waals surface area contributed by atoms with E-state index in [1.54, 1.807) is 32.9 Å². The molecule has 0 heterocycles. The van der Waals surface area contributed by atoms with Crippen molar-refractivity contribution in [3.63, 3.8) is 0 Å². The van der Waals surface area contributed by atoms with E-state index < -0.39 is 24.1 Å². The first-order valence-electron chi connectivity index (χ1n) is 9.99. The monoisotopic (exact) mass is 520 g/mol. The zero-order valence-corrected chi connectivity index (χ0v) is 21.5. The molecule has 0 aromatic heterocycles. The van der Waals surface area contributed by atoms with Crippen molar-refractivity contribution < 1.29 is 31.1 Å². The second kappa shape index (κ2) is 12.1. The van der Waals surface area contributed by atoms with E-state index in [1.807, 2.05) is 6.92 Å². The van der Waals surface area contributed by atoms with Gasteiger partial charge in [0.15, 0.2) is 9.84 Å². The van der Waals surface area contributed by atoms with Gasteiger partial charge >= 0.3 is 0 Å². The summed E-state index contributed by atoms with van der Waals surface area (Å²) < 4.78 is 57.2. The smallest absolute Gasteiger partial charge is 0.265 e. The number of anilines is 2. The summed E-state index contributed by atoms with van der Waals surface area (Å²) >= 11 is 0. The van der Waals surface area contributed by atoms with Crippen molar-refractivity contribution in [2.75, 3.05) is 24.3 Å². The Morgan fingerprint density at radius 1 is 0.970 bits per heavy atom. The highest BCUT2D eigenvalue weighted by Crippen LogP contribution is 2.30. The maximum absolute atomic E-state index is 12.0. The summed E-state index contributed by atoms with van der Waals surface area (Å²) in [7, 11) is -1.99. The van der Waals surface area contributed by atoms with E-state index in [4.69, 9.17) is 25.9 Å². The summed E-state index contributed by atoms with van der Waals surface area (Å²) in [5.41, 5.74) is 6.37. The number of sulfone groups is 1. The number of ether oxygens (including phenoxy) is 2. The van der Waals surface area contributed by atoms with Crippen LogP contribution < -0.4 is 20.5 Å². The van der Waals surface area contributed by atoms with Crippen LogP contribution >= 0.6 is 10.7 Å². The van der Waals surface area contributed by atoms with Crippen LogP contribution in [0, 0.1) is 0 Å². The Balaban J connectivity index is 0.000000331. The van der Waals surface area contributed by atoms with Crippen molar-refractivity contribution >= 4 is 46.9 Å². The van der Waals surface area contributed by atoms with Gasteiger partial charge in [-0.15, -0.1) is 0 Å². The molecule has 0 aliphatic rings. The number of hydrogen-bond donors (Lipinski definition) is 2. The molecule has 0 unspecified atom stereocenters. The first-order valence-corrected chi connectivity index (χ1v) is 13.8. The van der Waals surface area contributed by atoms with Gasteiger partial charge in [-0.3, -0.25) is 4.79 Å². The minimum absolute atomic E-state index is 0.160. The number of nitrogens with two attached hydrogens (primary N) is 1. The van der Waals surface area contributed by atoms with Crippen LogP contribution in [-0.4, -0.2) is 41.2 Å². The van der Waals surface area contributed by atoms with Gasteiger partial charge in [0.25, 0.3) is 9.05 Å². The molecule has 2 rings (SSSR count). The van der Waals surface area contributed by atoms with Gasteiger partial charge in [-0.25, -0.2) is 16.8 Å². The molecular weight excluding hydrogens is 492 g/mol. The lowest BCUT2D eigenvalue weighted by molar-refractivity contribution is -0.114. The van der Waals surface area contributed by atoms with Crippen molar-refractivity contribution in [3.8, 4) is 11.5 Å². The molecule has 3 N–H and O–H groups in total. The Morgan fingerprint density at radius 2 is 1.48 bits per heavy atom. The predicted molar refractivity (Wildman–Crippen MR) is 129 cm³/mol. The summed E-state index contributed by atoms with van der Waals surface area (Å²) in [5, 5.41) is 1.98. The molecule has 0 atom stereocenters. The third kappa shape index (κ3) is 8.41. The van der Waals surface area contributed by atoms with Crippen LogP contribution in [-0.2, 0) is 23.7 Å². The van der Waals surface area contributed by atoms with Crippen molar-refractivity contribution in [1.29, 1.82) is 0 Å². The molecule has 2 aromatic carbocycles. The zero-order valence-electron chi connectivity index (χ0n) is 19.1. The average molecular weight is 521 g/mol. The molecule has 184 valence electrons. The predicted octanol–water partition coefficient (Wildman–Crippen LogP) is 3.82. The number of carbonyl (C=O) groups is 1. The molecule has 0 saturated heterocycles. The SMILES string of the molecule is CCOc1ccc(N)cc1S(=O)(=O)C(C)C.CCOc1ccc(NC(C)=O)cc1S(=O)(=O)Cl. The van der Waals surface area contributed by atoms with Gasteiger partial charge in [-0.05, 0) is 64.1 Å². The van der Waals surface area contributed by atoms with Gasteiger partial charge in [0.05, 0.1) is 18.5 Å². The number of hydrogen-bond acceptors (Lipinski definition) is 8. The molecule has 0 spiro atoms. The molecule has 0 aliphatic carbocycles. The largest absolute Gasteiger partial charge is 0.493 e. The fraction of sp³-hybridized carbons (Fsp3) is 0.381. The lowest BCUT2D eigenvalue weighted by Crippen LogP contribution is -2.15. The highest BCUT2D eigenvalue weighted by Gasteiger charge is 2.23. The lowest BCUT2D eigenvalue weighted by atomic mass is 10.3. The van der Waals surface area contributed by atoms with Gasteiger partial charge in [0.2, 0.25) is 5.91 Å². The number of nitrogen functional groups attached to an aromatic ring is 1. The van der Waals surface area contributed by atoms with E-state index in [-0.39, 0.29) is 21.4 Å². The fourth-order valence-electron chi connectivity index (χ4n) is 2.53. The summed E-state index contributed by atoms with van der Waals surface area (Å²) in [4.78, 5) is 10.9. The van der Waals surface area contributed by atoms with Crippen molar-refractivity contribution in [3.05, 3.63) is 36.4 Å². The van der Waals surface area contributed by atoms with Crippen LogP contribution in [0.3, 0.4) is 0 Å². The Kier molecular flexibility index (Phi) is 10.5. The number of amides is 1. The number of rotatable bonds is 8. The minimum Gasteiger partial charge on any atom is -0.493 e. The molecule has 0 aliphatic heterocycles. The highest BCUT2D eigenvalue weighted by atomic mass is 35.7. The Morgan fingerprint density at radius 3 is 1.94 bits per heavy atom. The Bertz CT molecular complexity index is 1180. The maximum Gasteiger partial charge on any atom is 0.265 e. The van der Waals surface area contributed by atoms with Gasteiger partial charge < -0.3 is 20.5 Å². The van der Waals surface area contributed by atoms with Crippen LogP contribution in [0.1, 0.15) is 34.6 Å². The normalized spacial score (nSPS) is 11.4. The van der Waals surface area contributed by atoms with E-state index in [0.717, 1.165) is 0 Å². The Labute approximate surface area is 199 Å². The molecule has 33 heavy (non-hydrogen) atoms. The van der Waals surface area contributed by atoms with Crippen LogP contribution in [0.25, 0.3) is 0 Å². The first kappa shape index (κ1) is 28.5. The quantitative estimate of drug-likeness (QED) is 0.395. The molecule has 0 fully saturated rings. The fourth-order valence-corrected chi connectivity index (χ4v) is 4.74. The first-order chi connectivity index (χ1) is 15.2. The maximum atomic E-state index is 12.0. The second-order valence-electron chi connectivity index (χ2n) is 6.95. The van der Waals surface area contributed by atoms with Gasteiger partial charge in [-0.1, -0.05) is 0 Å². The molecule has 9 nitrogen and oxygen atoms in total. The highest BCUT2D eigenvalue weighted by molar-refractivity contribution is 8.13. The molecule has 12 heteroatoms. The van der Waals surface area contributed by atoms with Crippen LogP contribution in [0.5, 0.6) is 11.5 Å². The molecule has 1 amide bonds. The number of nitrogens with one attached hydrogen (secondary N) is 1. The van der Waals surface area contributed by atoms with Gasteiger partial charge in [-0.2, -0.15) is 0 Å². The second-order valence-corrected chi connectivity index (χ2v) is 12.0. The van der Waals surface area contributed by atoms with Gasteiger partial charge in [0, 0.05) is 29.0 Å². The molecule has 0 saturated carbocycles. The summed E-state index contributed by atoms with van der Waals surface area (Å²) in [6, 6.07) is 8.91. The standard InChI is InChI=1S/C11H17NO3S.C10H12ClNO4S/c1-4-15-10-6-5-9(12)7-11(10)16(13,14)8(2)3;1-3-16-9-5-4-8(12-7(2)13)6-10(9)17(11,14)15/h5-8H,4,12H2,1-3H3;4-6H,3H2,1-2H3,(H,12,13). The lowest BCUT2D eigenvalue weighted by Gasteiger charge is -2.13. The van der Waals surface area contributed by atoms with E-state index in [2.05, 4.69) is 5.32 Å². The minimum atomic E-state index is -3.92. The van der Waals surface area contributed by atoms with E-state index in [1.165, 1.54) is 31.2 Å². The van der Waals surface area contributed by atoms with Crippen molar-refractivity contribution in [1.82, 2.24) is 0 Å².